The second-order valence-electron chi connectivity index (χ2n) is 4.58. The second-order valence-corrected chi connectivity index (χ2v) is 4.58. The number of nitrogens with zero attached hydrogens (tertiary/aromatic N) is 2. The molecule has 2 aromatic heterocycles. The van der Waals surface area contributed by atoms with Crippen LogP contribution in [0.5, 0.6) is 0 Å². The molecule has 1 atom stereocenters. The highest BCUT2D eigenvalue weighted by atomic mass is 16.1. The lowest BCUT2D eigenvalue weighted by atomic mass is 10.2. The van der Waals surface area contributed by atoms with Crippen LogP contribution in [-0.2, 0) is 0 Å². The van der Waals surface area contributed by atoms with E-state index in [2.05, 4.69) is 32.7 Å². The van der Waals surface area contributed by atoms with Crippen molar-refractivity contribution >= 4 is 11.6 Å². The minimum atomic E-state index is -0.196. The average Bonchev–Trinajstić information content (AvgIpc) is 2.99. The van der Waals surface area contributed by atoms with E-state index in [1.165, 1.54) is 0 Å². The monoisotopic (exact) mass is 273 g/mol. The molecule has 0 bridgehead atoms. The van der Waals surface area contributed by atoms with Crippen molar-refractivity contribution in [3.05, 3.63) is 42.0 Å². The number of aromatic nitrogens is 3. The van der Waals surface area contributed by atoms with Gasteiger partial charge in [0.2, 0.25) is 0 Å². The SMILES string of the molecule is CCCNc1ccnc(C(=O)NC(C)c2cn[nH]c2)c1. The highest BCUT2D eigenvalue weighted by Crippen LogP contribution is 2.12. The number of nitrogens with one attached hydrogen (secondary N) is 3. The van der Waals surface area contributed by atoms with Gasteiger partial charge >= 0.3 is 0 Å². The third-order valence-corrected chi connectivity index (χ3v) is 2.94. The van der Waals surface area contributed by atoms with Gasteiger partial charge in [0, 0.05) is 30.2 Å². The highest BCUT2D eigenvalue weighted by Gasteiger charge is 2.13. The Kier molecular flexibility index (Phi) is 4.70. The van der Waals surface area contributed by atoms with Crippen molar-refractivity contribution in [2.24, 2.45) is 0 Å². The van der Waals surface area contributed by atoms with Gasteiger partial charge in [0.15, 0.2) is 0 Å². The molecule has 3 N–H and O–H groups in total. The van der Waals surface area contributed by atoms with Crippen LogP contribution < -0.4 is 10.6 Å². The third-order valence-electron chi connectivity index (χ3n) is 2.94. The van der Waals surface area contributed by atoms with Gasteiger partial charge in [0.1, 0.15) is 5.69 Å². The topological polar surface area (TPSA) is 82.7 Å². The summed E-state index contributed by atoms with van der Waals surface area (Å²) in [7, 11) is 0. The molecule has 0 saturated carbocycles. The van der Waals surface area contributed by atoms with E-state index in [-0.39, 0.29) is 11.9 Å². The minimum absolute atomic E-state index is 0.115. The summed E-state index contributed by atoms with van der Waals surface area (Å²) in [6.07, 6.45) is 6.12. The molecule has 2 aromatic rings. The van der Waals surface area contributed by atoms with Crippen molar-refractivity contribution in [2.45, 2.75) is 26.3 Å². The number of aromatic amines is 1. The maximum absolute atomic E-state index is 12.1. The van der Waals surface area contributed by atoms with E-state index in [0.29, 0.717) is 5.69 Å². The number of hydrogen-bond donors (Lipinski definition) is 3. The Morgan fingerprint density at radius 3 is 3.05 bits per heavy atom. The van der Waals surface area contributed by atoms with E-state index in [9.17, 15) is 4.79 Å². The normalized spacial score (nSPS) is 11.9. The third kappa shape index (κ3) is 3.57. The molecule has 0 aliphatic rings. The Balaban J connectivity index is 2.01. The summed E-state index contributed by atoms with van der Waals surface area (Å²) >= 11 is 0. The first-order valence-electron chi connectivity index (χ1n) is 6.70. The van der Waals surface area contributed by atoms with Gasteiger partial charge in [-0.1, -0.05) is 6.92 Å². The zero-order chi connectivity index (χ0) is 14.4. The van der Waals surface area contributed by atoms with E-state index in [1.807, 2.05) is 13.0 Å². The highest BCUT2D eigenvalue weighted by molar-refractivity contribution is 5.93. The molecule has 0 saturated heterocycles. The predicted molar refractivity (Wildman–Crippen MR) is 77.5 cm³/mol. The molecule has 20 heavy (non-hydrogen) atoms. The van der Waals surface area contributed by atoms with Crippen molar-refractivity contribution in [2.75, 3.05) is 11.9 Å². The zero-order valence-electron chi connectivity index (χ0n) is 11.7. The molecule has 0 spiro atoms. The summed E-state index contributed by atoms with van der Waals surface area (Å²) in [4.78, 5) is 16.3. The molecule has 1 unspecified atom stereocenters. The van der Waals surface area contributed by atoms with Gasteiger partial charge in [0.05, 0.1) is 12.2 Å². The maximum Gasteiger partial charge on any atom is 0.270 e. The summed E-state index contributed by atoms with van der Waals surface area (Å²) < 4.78 is 0. The number of rotatable bonds is 6. The number of hydrogen-bond acceptors (Lipinski definition) is 4. The fourth-order valence-corrected chi connectivity index (χ4v) is 1.79. The maximum atomic E-state index is 12.1. The molecule has 0 aliphatic heterocycles. The minimum Gasteiger partial charge on any atom is -0.385 e. The molecule has 0 fully saturated rings. The molecule has 2 heterocycles. The van der Waals surface area contributed by atoms with Crippen molar-refractivity contribution < 1.29 is 4.79 Å². The van der Waals surface area contributed by atoms with Gasteiger partial charge in [-0.05, 0) is 25.5 Å². The zero-order valence-corrected chi connectivity index (χ0v) is 11.7. The van der Waals surface area contributed by atoms with Gasteiger partial charge in [-0.2, -0.15) is 5.10 Å². The van der Waals surface area contributed by atoms with Crippen LogP contribution in [-0.4, -0.2) is 27.6 Å². The number of amides is 1. The standard InChI is InChI=1S/C14H19N5O/c1-3-5-15-12-4-6-16-13(7-12)14(20)19-10(2)11-8-17-18-9-11/h4,6-10H,3,5H2,1-2H3,(H,15,16)(H,17,18)(H,19,20). The van der Waals surface area contributed by atoms with Gasteiger partial charge in [-0.15, -0.1) is 0 Å². The lowest BCUT2D eigenvalue weighted by molar-refractivity contribution is 0.0935. The molecule has 6 nitrogen and oxygen atoms in total. The van der Waals surface area contributed by atoms with Crippen molar-refractivity contribution in [3.63, 3.8) is 0 Å². The molecule has 0 aliphatic carbocycles. The molecule has 6 heteroatoms. The largest absolute Gasteiger partial charge is 0.385 e. The number of carbonyl (C=O) groups is 1. The van der Waals surface area contributed by atoms with Crippen LogP contribution in [0.3, 0.4) is 0 Å². The smallest absolute Gasteiger partial charge is 0.270 e. The van der Waals surface area contributed by atoms with E-state index in [0.717, 1.165) is 24.2 Å². The lowest BCUT2D eigenvalue weighted by Crippen LogP contribution is -2.27. The molecule has 0 aromatic carbocycles. The first kappa shape index (κ1) is 14.0. The number of pyridine rings is 1. The van der Waals surface area contributed by atoms with Crippen molar-refractivity contribution in [1.82, 2.24) is 20.5 Å². The van der Waals surface area contributed by atoms with Gasteiger partial charge in [0.25, 0.3) is 5.91 Å². The Morgan fingerprint density at radius 2 is 2.35 bits per heavy atom. The summed E-state index contributed by atoms with van der Waals surface area (Å²) in [5.74, 6) is -0.196. The van der Waals surface area contributed by atoms with Crippen LogP contribution in [0.4, 0.5) is 5.69 Å². The Morgan fingerprint density at radius 1 is 1.50 bits per heavy atom. The van der Waals surface area contributed by atoms with E-state index < -0.39 is 0 Å². The van der Waals surface area contributed by atoms with Crippen LogP contribution in [0.1, 0.15) is 42.4 Å². The molecule has 106 valence electrons. The first-order valence-corrected chi connectivity index (χ1v) is 6.70. The van der Waals surface area contributed by atoms with Crippen LogP contribution in [0.2, 0.25) is 0 Å². The Labute approximate surface area is 118 Å². The average molecular weight is 273 g/mol. The van der Waals surface area contributed by atoms with Crippen LogP contribution in [0.15, 0.2) is 30.7 Å². The molecule has 0 radical (unpaired) electrons. The predicted octanol–water partition coefficient (Wildman–Crippen LogP) is 2.12. The summed E-state index contributed by atoms with van der Waals surface area (Å²) in [6, 6.07) is 3.49. The van der Waals surface area contributed by atoms with Crippen molar-refractivity contribution in [1.29, 1.82) is 0 Å². The van der Waals surface area contributed by atoms with E-state index in [1.54, 1.807) is 24.7 Å². The number of anilines is 1. The van der Waals surface area contributed by atoms with Gasteiger partial charge < -0.3 is 10.6 Å². The van der Waals surface area contributed by atoms with Crippen LogP contribution in [0.25, 0.3) is 0 Å². The van der Waals surface area contributed by atoms with Crippen LogP contribution >= 0.6 is 0 Å². The Bertz CT molecular complexity index is 552. The van der Waals surface area contributed by atoms with E-state index in [4.69, 9.17) is 0 Å². The van der Waals surface area contributed by atoms with Gasteiger partial charge in [-0.25, -0.2) is 0 Å². The summed E-state index contributed by atoms with van der Waals surface area (Å²) in [5, 5.41) is 12.7. The molecular weight excluding hydrogens is 254 g/mol. The Hall–Kier alpha value is -2.37. The van der Waals surface area contributed by atoms with E-state index >= 15 is 0 Å². The molecule has 2 rings (SSSR count). The summed E-state index contributed by atoms with van der Waals surface area (Å²) in [6.45, 7) is 4.87. The van der Waals surface area contributed by atoms with Gasteiger partial charge in [-0.3, -0.25) is 14.9 Å². The second kappa shape index (κ2) is 6.70. The number of H-pyrrole nitrogens is 1. The number of carbonyl (C=O) groups excluding carboxylic acids is 1. The molecular formula is C14H19N5O. The fourth-order valence-electron chi connectivity index (χ4n) is 1.79. The van der Waals surface area contributed by atoms with Crippen LogP contribution in [0, 0.1) is 0 Å². The van der Waals surface area contributed by atoms with Crippen molar-refractivity contribution in [3.8, 4) is 0 Å². The lowest BCUT2D eigenvalue weighted by Gasteiger charge is -2.12. The fraction of sp³-hybridized carbons (Fsp3) is 0.357. The quantitative estimate of drug-likeness (QED) is 0.753. The summed E-state index contributed by atoms with van der Waals surface area (Å²) in [5.41, 5.74) is 2.24. The first-order chi connectivity index (χ1) is 9.70. The molecule has 1 amide bonds.